The predicted octanol–water partition coefficient (Wildman–Crippen LogP) is 0.624. The molecule has 1 saturated heterocycles. The fourth-order valence-corrected chi connectivity index (χ4v) is 2.83. The minimum Gasteiger partial charge on any atom is -0.394 e. The van der Waals surface area contributed by atoms with E-state index in [0.717, 1.165) is 32.3 Å². The molecule has 4 atom stereocenters. The number of fused-ring (bicyclic) bond motifs is 1. The van der Waals surface area contributed by atoms with Gasteiger partial charge in [-0.1, -0.05) is 0 Å². The second kappa shape index (κ2) is 5.69. The van der Waals surface area contributed by atoms with Crippen molar-refractivity contribution in [3.05, 3.63) is 0 Å². The molecule has 1 heterocycles. The molecule has 1 saturated carbocycles. The molecule has 3 N–H and O–H groups in total. The van der Waals surface area contributed by atoms with Crippen molar-refractivity contribution in [1.82, 2.24) is 10.6 Å². The summed E-state index contributed by atoms with van der Waals surface area (Å²) in [5, 5.41) is 14.6. The lowest BCUT2D eigenvalue weighted by atomic mass is 9.82. The first-order valence-corrected chi connectivity index (χ1v) is 6.50. The number of urea groups is 1. The summed E-state index contributed by atoms with van der Waals surface area (Å²) in [7, 11) is 0. The molecule has 2 fully saturated rings. The van der Waals surface area contributed by atoms with Crippen LogP contribution >= 0.6 is 0 Å². The summed E-state index contributed by atoms with van der Waals surface area (Å²) in [4.78, 5) is 11.7. The van der Waals surface area contributed by atoms with Crippen LogP contribution in [0.25, 0.3) is 0 Å². The van der Waals surface area contributed by atoms with E-state index in [9.17, 15) is 4.79 Å². The molecule has 1 aliphatic heterocycles. The number of aliphatic hydroxyl groups excluding tert-OH is 1. The monoisotopic (exact) mass is 242 g/mol. The number of rotatable bonds is 3. The molecule has 0 aromatic rings. The lowest BCUT2D eigenvalue weighted by Gasteiger charge is -2.33. The number of ether oxygens (including phenoxy) is 1. The Balaban J connectivity index is 1.83. The second-order valence-corrected chi connectivity index (χ2v) is 5.10. The smallest absolute Gasteiger partial charge is 0.315 e. The van der Waals surface area contributed by atoms with Gasteiger partial charge in [0.25, 0.3) is 0 Å². The molecule has 0 aromatic heterocycles. The first-order chi connectivity index (χ1) is 8.20. The highest BCUT2D eigenvalue weighted by Gasteiger charge is 2.38. The van der Waals surface area contributed by atoms with Crippen molar-refractivity contribution in [2.45, 2.75) is 50.8 Å². The molecule has 0 radical (unpaired) electrons. The van der Waals surface area contributed by atoms with Crippen LogP contribution in [0.4, 0.5) is 4.79 Å². The van der Waals surface area contributed by atoms with E-state index >= 15 is 0 Å². The number of nitrogens with one attached hydrogen (secondary N) is 2. The summed E-state index contributed by atoms with van der Waals surface area (Å²) in [6, 6.07) is -0.152. The first kappa shape index (κ1) is 12.6. The summed E-state index contributed by atoms with van der Waals surface area (Å²) >= 11 is 0. The maximum Gasteiger partial charge on any atom is 0.315 e. The molecule has 1 aliphatic carbocycles. The molecule has 2 amide bonds. The van der Waals surface area contributed by atoms with Gasteiger partial charge in [0, 0.05) is 18.6 Å². The Kier molecular flexibility index (Phi) is 4.23. The highest BCUT2D eigenvalue weighted by atomic mass is 16.5. The zero-order chi connectivity index (χ0) is 12.3. The van der Waals surface area contributed by atoms with Crippen molar-refractivity contribution in [3.8, 4) is 0 Å². The number of amides is 2. The van der Waals surface area contributed by atoms with Crippen molar-refractivity contribution in [2.24, 2.45) is 5.92 Å². The van der Waals surface area contributed by atoms with Crippen LogP contribution in [-0.2, 0) is 4.74 Å². The van der Waals surface area contributed by atoms with E-state index < -0.39 is 0 Å². The Morgan fingerprint density at radius 3 is 3.06 bits per heavy atom. The van der Waals surface area contributed by atoms with E-state index in [1.165, 1.54) is 0 Å². The van der Waals surface area contributed by atoms with Gasteiger partial charge >= 0.3 is 6.03 Å². The van der Waals surface area contributed by atoms with Crippen molar-refractivity contribution >= 4 is 6.03 Å². The molecule has 5 nitrogen and oxygen atoms in total. The van der Waals surface area contributed by atoms with Gasteiger partial charge in [0.2, 0.25) is 0 Å². The molecule has 0 bridgehead atoms. The summed E-state index contributed by atoms with van der Waals surface area (Å²) in [5.41, 5.74) is 0. The third kappa shape index (κ3) is 3.10. The minimum atomic E-state index is -0.200. The van der Waals surface area contributed by atoms with Crippen LogP contribution in [0.15, 0.2) is 0 Å². The Hall–Kier alpha value is -0.810. The van der Waals surface area contributed by atoms with E-state index in [1.807, 2.05) is 0 Å². The number of carbonyl (C=O) groups is 1. The topological polar surface area (TPSA) is 70.6 Å². The number of aliphatic hydroxyl groups is 1. The number of hydrogen-bond acceptors (Lipinski definition) is 3. The number of carbonyl (C=O) groups excluding carboxylic acids is 1. The predicted molar refractivity (Wildman–Crippen MR) is 63.7 cm³/mol. The Morgan fingerprint density at radius 2 is 2.29 bits per heavy atom. The molecule has 5 heteroatoms. The van der Waals surface area contributed by atoms with Crippen molar-refractivity contribution < 1.29 is 14.6 Å². The third-order valence-corrected chi connectivity index (χ3v) is 3.75. The largest absolute Gasteiger partial charge is 0.394 e. The van der Waals surface area contributed by atoms with Crippen LogP contribution < -0.4 is 10.6 Å². The van der Waals surface area contributed by atoms with Crippen LogP contribution in [0.3, 0.4) is 0 Å². The van der Waals surface area contributed by atoms with Gasteiger partial charge in [-0.15, -0.1) is 0 Å². The molecule has 3 unspecified atom stereocenters. The van der Waals surface area contributed by atoms with Crippen LogP contribution in [-0.4, -0.2) is 42.5 Å². The standard InChI is InChI=1S/C12H22N2O3/c1-8(7-15)13-12(16)14-10-3-2-4-11-9(10)5-6-17-11/h8-11,15H,2-7H2,1H3,(H2,13,14,16)/t8-,9?,10?,11?/m0/s1. The molecular weight excluding hydrogens is 220 g/mol. The minimum absolute atomic E-state index is 0.0345. The Bertz CT molecular complexity index is 272. The molecule has 0 spiro atoms. The molecule has 17 heavy (non-hydrogen) atoms. The summed E-state index contributed by atoms with van der Waals surface area (Å²) in [6.07, 6.45) is 4.65. The SMILES string of the molecule is C[C@@H](CO)NC(=O)NC1CCCC2OCCC12. The van der Waals surface area contributed by atoms with Crippen LogP contribution in [0.1, 0.15) is 32.6 Å². The lowest BCUT2D eigenvalue weighted by molar-refractivity contribution is 0.0548. The van der Waals surface area contributed by atoms with Gasteiger partial charge in [-0.3, -0.25) is 0 Å². The van der Waals surface area contributed by atoms with Crippen molar-refractivity contribution in [2.75, 3.05) is 13.2 Å². The van der Waals surface area contributed by atoms with E-state index in [0.29, 0.717) is 12.0 Å². The zero-order valence-electron chi connectivity index (χ0n) is 10.3. The normalized spacial score (nSPS) is 33.9. The molecule has 0 aromatic carbocycles. The first-order valence-electron chi connectivity index (χ1n) is 6.50. The third-order valence-electron chi connectivity index (χ3n) is 3.75. The van der Waals surface area contributed by atoms with Gasteiger partial charge in [-0.25, -0.2) is 4.79 Å². The molecular formula is C12H22N2O3. The Morgan fingerprint density at radius 1 is 1.47 bits per heavy atom. The van der Waals surface area contributed by atoms with E-state index in [4.69, 9.17) is 9.84 Å². The fraction of sp³-hybridized carbons (Fsp3) is 0.917. The Labute approximate surface area is 102 Å². The van der Waals surface area contributed by atoms with Crippen LogP contribution in [0, 0.1) is 5.92 Å². The van der Waals surface area contributed by atoms with Gasteiger partial charge in [0.1, 0.15) is 0 Å². The fourth-order valence-electron chi connectivity index (χ4n) is 2.83. The van der Waals surface area contributed by atoms with E-state index in [-0.39, 0.29) is 24.7 Å². The summed E-state index contributed by atoms with van der Waals surface area (Å²) in [5.74, 6) is 0.471. The second-order valence-electron chi connectivity index (χ2n) is 5.10. The van der Waals surface area contributed by atoms with Crippen molar-refractivity contribution in [1.29, 1.82) is 0 Å². The maximum absolute atomic E-state index is 11.7. The summed E-state index contributed by atoms with van der Waals surface area (Å²) in [6.45, 7) is 2.57. The molecule has 98 valence electrons. The highest BCUT2D eigenvalue weighted by Crippen LogP contribution is 2.34. The summed E-state index contributed by atoms with van der Waals surface area (Å²) < 4.78 is 5.66. The van der Waals surface area contributed by atoms with Gasteiger partial charge < -0.3 is 20.5 Å². The maximum atomic E-state index is 11.7. The molecule has 2 aliphatic rings. The molecule has 2 rings (SSSR count). The zero-order valence-corrected chi connectivity index (χ0v) is 10.3. The van der Waals surface area contributed by atoms with Crippen LogP contribution in [0.2, 0.25) is 0 Å². The number of hydrogen-bond donors (Lipinski definition) is 3. The average molecular weight is 242 g/mol. The lowest BCUT2D eigenvalue weighted by Crippen LogP contribution is -2.51. The highest BCUT2D eigenvalue weighted by molar-refractivity contribution is 5.74. The quantitative estimate of drug-likeness (QED) is 0.679. The van der Waals surface area contributed by atoms with Gasteiger partial charge in [-0.05, 0) is 32.6 Å². The van der Waals surface area contributed by atoms with E-state index in [2.05, 4.69) is 10.6 Å². The average Bonchev–Trinajstić information content (AvgIpc) is 2.78. The van der Waals surface area contributed by atoms with Crippen LogP contribution in [0.5, 0.6) is 0 Å². The van der Waals surface area contributed by atoms with Gasteiger partial charge in [0.15, 0.2) is 0 Å². The van der Waals surface area contributed by atoms with Crippen molar-refractivity contribution in [3.63, 3.8) is 0 Å². The van der Waals surface area contributed by atoms with Gasteiger partial charge in [-0.2, -0.15) is 0 Å². The van der Waals surface area contributed by atoms with Gasteiger partial charge in [0.05, 0.1) is 18.8 Å². The van der Waals surface area contributed by atoms with E-state index in [1.54, 1.807) is 6.92 Å².